The summed E-state index contributed by atoms with van der Waals surface area (Å²) in [6.45, 7) is 6.60. The number of hydrogen-bond acceptors (Lipinski definition) is 5. The first-order valence-corrected chi connectivity index (χ1v) is 8.96. The van der Waals surface area contributed by atoms with Crippen LogP contribution in [0.1, 0.15) is 33.2 Å². The van der Waals surface area contributed by atoms with E-state index in [0.29, 0.717) is 35.2 Å². The predicted octanol–water partition coefficient (Wildman–Crippen LogP) is 3.46. The molecule has 0 saturated carbocycles. The Bertz CT molecular complexity index is 934. The van der Waals surface area contributed by atoms with E-state index in [0.717, 1.165) is 11.4 Å². The summed E-state index contributed by atoms with van der Waals surface area (Å²) in [6.07, 6.45) is 0. The maximum Gasteiger partial charge on any atom is 0.273 e. The average Bonchev–Trinajstić information content (AvgIpc) is 3.15. The van der Waals surface area contributed by atoms with Gasteiger partial charge in [0.15, 0.2) is 5.69 Å². The Morgan fingerprint density at radius 2 is 2.00 bits per heavy atom. The highest BCUT2D eigenvalue weighted by Crippen LogP contribution is 2.19. The number of carbonyl (C=O) groups is 1. The Labute approximate surface area is 162 Å². The van der Waals surface area contributed by atoms with Gasteiger partial charge in [0, 0.05) is 6.54 Å². The molecule has 3 aromatic rings. The number of nitrogens with zero attached hydrogens (tertiary/aromatic N) is 3. The lowest BCUT2D eigenvalue weighted by atomic mass is 10.2. The second-order valence-corrected chi connectivity index (χ2v) is 6.51. The molecular weight excluding hydrogens is 368 g/mol. The molecule has 0 aliphatic heterocycles. The monoisotopic (exact) mass is 388 g/mol. The van der Waals surface area contributed by atoms with Crippen LogP contribution in [0.3, 0.4) is 0 Å². The van der Waals surface area contributed by atoms with Gasteiger partial charge in [0.05, 0.1) is 28.5 Å². The summed E-state index contributed by atoms with van der Waals surface area (Å²) < 4.78 is 12.7. The molecule has 0 aliphatic rings. The summed E-state index contributed by atoms with van der Waals surface area (Å²) >= 11 is 6.14. The molecule has 0 atom stereocenters. The quantitative estimate of drug-likeness (QED) is 0.670. The van der Waals surface area contributed by atoms with Crippen molar-refractivity contribution in [3.8, 4) is 5.75 Å². The van der Waals surface area contributed by atoms with Crippen molar-refractivity contribution in [2.75, 3.05) is 6.54 Å². The van der Waals surface area contributed by atoms with Crippen LogP contribution in [0.25, 0.3) is 0 Å². The third-order valence-corrected chi connectivity index (χ3v) is 4.78. The Balaban J connectivity index is 1.60. The Kier molecular flexibility index (Phi) is 5.81. The summed E-state index contributed by atoms with van der Waals surface area (Å²) in [6, 6.07) is 9.37. The maximum absolute atomic E-state index is 12.5. The molecule has 0 bridgehead atoms. The lowest BCUT2D eigenvalue weighted by Crippen LogP contribution is -2.29. The van der Waals surface area contributed by atoms with E-state index in [1.165, 1.54) is 0 Å². The van der Waals surface area contributed by atoms with Crippen molar-refractivity contribution in [2.24, 2.45) is 0 Å². The second-order valence-electron chi connectivity index (χ2n) is 6.13. The fourth-order valence-electron chi connectivity index (χ4n) is 2.66. The standard InChI is InChI=1S/C19H21ClN4O3/c1-12-17(20)13(2)24(22-12)10-9-21-19(25)18-16(14(3)27-23-18)11-26-15-7-5-4-6-8-15/h4-8H,9-11H2,1-3H3,(H,21,25). The fourth-order valence-corrected chi connectivity index (χ4v) is 2.80. The number of ether oxygens (including phenoxy) is 1. The van der Waals surface area contributed by atoms with Gasteiger partial charge in [-0.3, -0.25) is 9.48 Å². The van der Waals surface area contributed by atoms with Crippen LogP contribution >= 0.6 is 11.6 Å². The third-order valence-electron chi connectivity index (χ3n) is 4.23. The molecule has 0 saturated heterocycles. The lowest BCUT2D eigenvalue weighted by molar-refractivity contribution is 0.0940. The number of benzene rings is 1. The van der Waals surface area contributed by atoms with E-state index < -0.39 is 0 Å². The molecule has 8 heteroatoms. The zero-order valence-electron chi connectivity index (χ0n) is 15.5. The van der Waals surface area contributed by atoms with E-state index in [9.17, 15) is 4.79 Å². The van der Waals surface area contributed by atoms with E-state index in [-0.39, 0.29) is 18.2 Å². The van der Waals surface area contributed by atoms with Gasteiger partial charge in [-0.1, -0.05) is 35.0 Å². The molecule has 0 unspecified atom stereocenters. The number of rotatable bonds is 7. The zero-order valence-corrected chi connectivity index (χ0v) is 16.2. The number of aromatic nitrogens is 3. The van der Waals surface area contributed by atoms with Gasteiger partial charge in [0.25, 0.3) is 5.91 Å². The van der Waals surface area contributed by atoms with Crippen LogP contribution < -0.4 is 10.1 Å². The largest absolute Gasteiger partial charge is 0.489 e. The van der Waals surface area contributed by atoms with Gasteiger partial charge in [-0.25, -0.2) is 0 Å². The lowest BCUT2D eigenvalue weighted by Gasteiger charge is -2.08. The molecule has 142 valence electrons. The van der Waals surface area contributed by atoms with Gasteiger partial charge in [-0.2, -0.15) is 5.10 Å². The molecule has 3 rings (SSSR count). The van der Waals surface area contributed by atoms with Crippen molar-refractivity contribution >= 4 is 17.5 Å². The molecule has 1 amide bonds. The SMILES string of the molecule is Cc1nn(CCNC(=O)c2noc(C)c2COc2ccccc2)c(C)c1Cl. The van der Waals surface area contributed by atoms with E-state index in [2.05, 4.69) is 15.6 Å². The fraction of sp³-hybridized carbons (Fsp3) is 0.316. The van der Waals surface area contributed by atoms with Crippen LogP contribution in [0.4, 0.5) is 0 Å². The molecule has 2 aromatic heterocycles. The molecule has 0 spiro atoms. The molecule has 1 N–H and O–H groups in total. The number of nitrogens with one attached hydrogen (secondary N) is 1. The topological polar surface area (TPSA) is 82.2 Å². The Hall–Kier alpha value is -2.80. The molecule has 0 radical (unpaired) electrons. The first kappa shape index (κ1) is 19.0. The van der Waals surface area contributed by atoms with Gasteiger partial charge in [0.2, 0.25) is 0 Å². The van der Waals surface area contributed by atoms with Gasteiger partial charge in [-0.05, 0) is 32.9 Å². The summed E-state index contributed by atoms with van der Waals surface area (Å²) in [5.41, 5.74) is 2.51. The minimum absolute atomic E-state index is 0.204. The summed E-state index contributed by atoms with van der Waals surface area (Å²) in [7, 11) is 0. The summed E-state index contributed by atoms with van der Waals surface area (Å²) in [5, 5.41) is 11.7. The number of carbonyl (C=O) groups excluding carboxylic acids is 1. The number of para-hydroxylation sites is 1. The van der Waals surface area contributed by atoms with Crippen molar-refractivity contribution in [2.45, 2.75) is 33.9 Å². The Morgan fingerprint density at radius 1 is 1.26 bits per heavy atom. The Morgan fingerprint density at radius 3 is 2.67 bits per heavy atom. The van der Waals surface area contributed by atoms with Crippen molar-refractivity contribution in [3.63, 3.8) is 0 Å². The number of hydrogen-bond donors (Lipinski definition) is 1. The molecule has 27 heavy (non-hydrogen) atoms. The molecule has 7 nitrogen and oxygen atoms in total. The number of amides is 1. The van der Waals surface area contributed by atoms with Crippen LogP contribution in [0.5, 0.6) is 5.75 Å². The number of aryl methyl sites for hydroxylation is 2. The molecule has 0 fully saturated rings. The van der Waals surface area contributed by atoms with Gasteiger partial charge in [0.1, 0.15) is 18.1 Å². The average molecular weight is 389 g/mol. The van der Waals surface area contributed by atoms with Crippen LogP contribution in [0.2, 0.25) is 5.02 Å². The first-order valence-electron chi connectivity index (χ1n) is 8.58. The van der Waals surface area contributed by atoms with Gasteiger partial charge < -0.3 is 14.6 Å². The highest BCUT2D eigenvalue weighted by molar-refractivity contribution is 6.31. The predicted molar refractivity (Wildman–Crippen MR) is 101 cm³/mol. The zero-order chi connectivity index (χ0) is 19.4. The molecule has 0 aliphatic carbocycles. The first-order chi connectivity index (χ1) is 13.0. The minimum Gasteiger partial charge on any atom is -0.489 e. The van der Waals surface area contributed by atoms with Crippen molar-refractivity contribution < 1.29 is 14.1 Å². The normalized spacial score (nSPS) is 10.8. The van der Waals surface area contributed by atoms with Crippen LogP contribution in [0, 0.1) is 20.8 Å². The van der Waals surface area contributed by atoms with Crippen molar-refractivity contribution in [1.29, 1.82) is 0 Å². The minimum atomic E-state index is -0.314. The maximum atomic E-state index is 12.5. The molecule has 2 heterocycles. The third kappa shape index (κ3) is 4.31. The van der Waals surface area contributed by atoms with E-state index in [4.69, 9.17) is 20.9 Å². The highest BCUT2D eigenvalue weighted by Gasteiger charge is 2.20. The van der Waals surface area contributed by atoms with E-state index in [1.807, 2.05) is 44.2 Å². The number of halogens is 1. The van der Waals surface area contributed by atoms with Crippen LogP contribution in [-0.2, 0) is 13.2 Å². The molecular formula is C19H21ClN4O3. The van der Waals surface area contributed by atoms with Gasteiger partial charge >= 0.3 is 0 Å². The van der Waals surface area contributed by atoms with Crippen LogP contribution in [0.15, 0.2) is 34.9 Å². The highest BCUT2D eigenvalue weighted by atomic mass is 35.5. The van der Waals surface area contributed by atoms with E-state index in [1.54, 1.807) is 11.6 Å². The second kappa shape index (κ2) is 8.26. The summed E-state index contributed by atoms with van der Waals surface area (Å²) in [4.78, 5) is 12.5. The van der Waals surface area contributed by atoms with Crippen molar-refractivity contribution in [3.05, 3.63) is 63.8 Å². The van der Waals surface area contributed by atoms with Crippen LogP contribution in [-0.4, -0.2) is 27.4 Å². The van der Waals surface area contributed by atoms with Crippen molar-refractivity contribution in [1.82, 2.24) is 20.3 Å². The summed E-state index contributed by atoms with van der Waals surface area (Å²) in [5.74, 6) is 0.957. The van der Waals surface area contributed by atoms with Gasteiger partial charge in [-0.15, -0.1) is 0 Å². The smallest absolute Gasteiger partial charge is 0.273 e. The molecule has 1 aromatic carbocycles. The van der Waals surface area contributed by atoms with E-state index >= 15 is 0 Å².